The summed E-state index contributed by atoms with van der Waals surface area (Å²) in [4.78, 5) is 1.90. The molecule has 21 heavy (non-hydrogen) atoms. The number of aryl methyl sites for hydroxylation is 1. The van der Waals surface area contributed by atoms with Gasteiger partial charge in [-0.1, -0.05) is 17.7 Å². The fourth-order valence-corrected chi connectivity index (χ4v) is 2.89. The van der Waals surface area contributed by atoms with Crippen molar-refractivity contribution >= 4 is 24.0 Å². The van der Waals surface area contributed by atoms with Gasteiger partial charge in [0, 0.05) is 37.2 Å². The van der Waals surface area contributed by atoms with Crippen molar-refractivity contribution in [2.24, 2.45) is 0 Å². The zero-order valence-electron chi connectivity index (χ0n) is 11.7. The van der Waals surface area contributed by atoms with E-state index >= 15 is 0 Å². The fraction of sp³-hybridized carbons (Fsp3) is 0.571. The highest BCUT2D eigenvalue weighted by atomic mass is 35.5. The Balaban J connectivity index is 0.00000220. The molecule has 1 atom stereocenters. The van der Waals surface area contributed by atoms with Crippen LogP contribution in [0.4, 0.5) is 13.2 Å². The van der Waals surface area contributed by atoms with Crippen LogP contribution in [-0.2, 0) is 0 Å². The van der Waals surface area contributed by atoms with Gasteiger partial charge in [-0.3, -0.25) is 4.90 Å². The number of benzene rings is 1. The lowest BCUT2D eigenvalue weighted by Crippen LogP contribution is -2.46. The summed E-state index contributed by atoms with van der Waals surface area (Å²) in [6.07, 6.45) is -5.00. The molecule has 1 aromatic rings. The number of nitrogens with one attached hydrogen (secondary N) is 1. The van der Waals surface area contributed by atoms with Crippen LogP contribution in [0.15, 0.2) is 18.2 Å². The van der Waals surface area contributed by atoms with Gasteiger partial charge in [-0.05, 0) is 30.2 Å². The molecule has 1 N–H and O–H groups in total. The second-order valence-electron chi connectivity index (χ2n) is 5.12. The molecule has 0 spiro atoms. The quantitative estimate of drug-likeness (QED) is 0.894. The third-order valence-electron chi connectivity index (χ3n) is 3.61. The van der Waals surface area contributed by atoms with Gasteiger partial charge in [0.05, 0.1) is 6.42 Å². The summed E-state index contributed by atoms with van der Waals surface area (Å²) >= 11 is 5.89. The Labute approximate surface area is 134 Å². The van der Waals surface area contributed by atoms with E-state index in [1.807, 2.05) is 11.8 Å². The SMILES string of the molecule is Cc1cc(Cl)ccc1[C@H](CC(F)(F)F)N1CCNCC1.Cl. The molecule has 0 aliphatic carbocycles. The molecule has 120 valence electrons. The van der Waals surface area contributed by atoms with Crippen LogP contribution in [0.25, 0.3) is 0 Å². The number of rotatable bonds is 3. The van der Waals surface area contributed by atoms with Gasteiger partial charge in [0.1, 0.15) is 0 Å². The average Bonchev–Trinajstić information content (AvgIpc) is 2.36. The highest BCUT2D eigenvalue weighted by Crippen LogP contribution is 2.35. The maximum Gasteiger partial charge on any atom is 0.390 e. The fourth-order valence-electron chi connectivity index (χ4n) is 2.66. The third-order valence-corrected chi connectivity index (χ3v) is 3.84. The van der Waals surface area contributed by atoms with E-state index in [2.05, 4.69) is 5.32 Å². The summed E-state index contributed by atoms with van der Waals surface area (Å²) in [6.45, 7) is 4.51. The number of alkyl halides is 3. The van der Waals surface area contributed by atoms with E-state index in [0.29, 0.717) is 23.7 Å². The molecule has 1 fully saturated rings. The Hall–Kier alpha value is -0.490. The summed E-state index contributed by atoms with van der Waals surface area (Å²) in [5.74, 6) is 0. The second-order valence-corrected chi connectivity index (χ2v) is 5.56. The Morgan fingerprint density at radius 2 is 1.90 bits per heavy atom. The number of piperazine rings is 1. The molecule has 2 nitrogen and oxygen atoms in total. The van der Waals surface area contributed by atoms with E-state index < -0.39 is 18.6 Å². The van der Waals surface area contributed by atoms with Crippen molar-refractivity contribution in [3.63, 3.8) is 0 Å². The number of halogens is 5. The zero-order valence-corrected chi connectivity index (χ0v) is 13.3. The van der Waals surface area contributed by atoms with Gasteiger partial charge in [0.2, 0.25) is 0 Å². The lowest BCUT2D eigenvalue weighted by molar-refractivity contribution is -0.148. The van der Waals surface area contributed by atoms with Crippen LogP contribution in [0.3, 0.4) is 0 Å². The monoisotopic (exact) mass is 342 g/mol. The van der Waals surface area contributed by atoms with Crippen LogP contribution < -0.4 is 5.32 Å². The van der Waals surface area contributed by atoms with E-state index in [9.17, 15) is 13.2 Å². The van der Waals surface area contributed by atoms with Crippen LogP contribution in [0, 0.1) is 6.92 Å². The first-order chi connectivity index (χ1) is 9.37. The standard InChI is InChI=1S/C14H18ClF3N2.ClH/c1-10-8-11(15)2-3-12(10)13(9-14(16,17)18)20-6-4-19-5-7-20;/h2-3,8,13,19H,4-7,9H2,1H3;1H/t13-;/m0./s1. The van der Waals surface area contributed by atoms with E-state index in [4.69, 9.17) is 11.6 Å². The molecule has 0 aromatic heterocycles. The molecular weight excluding hydrogens is 324 g/mol. The van der Waals surface area contributed by atoms with Gasteiger partial charge in [0.25, 0.3) is 0 Å². The normalized spacial score (nSPS) is 18.1. The molecule has 0 bridgehead atoms. The zero-order chi connectivity index (χ0) is 14.8. The first kappa shape index (κ1) is 18.6. The van der Waals surface area contributed by atoms with E-state index in [1.165, 1.54) is 0 Å². The molecule has 1 aromatic carbocycles. The first-order valence-electron chi connectivity index (χ1n) is 6.64. The molecule has 1 heterocycles. The van der Waals surface area contributed by atoms with E-state index in [0.717, 1.165) is 18.7 Å². The van der Waals surface area contributed by atoms with Crippen LogP contribution in [0.2, 0.25) is 5.02 Å². The topological polar surface area (TPSA) is 15.3 Å². The van der Waals surface area contributed by atoms with Crippen molar-refractivity contribution in [3.05, 3.63) is 34.3 Å². The summed E-state index contributed by atoms with van der Waals surface area (Å²) < 4.78 is 38.7. The number of hydrogen-bond donors (Lipinski definition) is 1. The second kappa shape index (κ2) is 7.68. The summed E-state index contributed by atoms with van der Waals surface area (Å²) in [7, 11) is 0. The van der Waals surface area contributed by atoms with E-state index in [-0.39, 0.29) is 12.4 Å². The summed E-state index contributed by atoms with van der Waals surface area (Å²) in [6, 6.07) is 4.47. The highest BCUT2D eigenvalue weighted by Gasteiger charge is 2.36. The number of nitrogens with zero attached hydrogens (tertiary/aromatic N) is 1. The molecule has 7 heteroatoms. The minimum Gasteiger partial charge on any atom is -0.314 e. The molecule has 1 saturated heterocycles. The minimum absolute atomic E-state index is 0. The van der Waals surface area contributed by atoms with Gasteiger partial charge in [-0.2, -0.15) is 13.2 Å². The van der Waals surface area contributed by atoms with Crippen LogP contribution in [0.1, 0.15) is 23.6 Å². The molecule has 0 amide bonds. The van der Waals surface area contributed by atoms with Crippen molar-refractivity contribution in [1.29, 1.82) is 0 Å². The highest BCUT2D eigenvalue weighted by molar-refractivity contribution is 6.30. The Bertz CT molecular complexity index is 460. The summed E-state index contributed by atoms with van der Waals surface area (Å²) in [5, 5.41) is 3.72. The Morgan fingerprint density at radius 3 is 2.43 bits per heavy atom. The number of hydrogen-bond acceptors (Lipinski definition) is 2. The predicted molar refractivity (Wildman–Crippen MR) is 81.3 cm³/mol. The predicted octanol–water partition coefficient (Wildman–Crippen LogP) is 3.97. The van der Waals surface area contributed by atoms with Crippen LogP contribution >= 0.6 is 24.0 Å². The van der Waals surface area contributed by atoms with Crippen molar-refractivity contribution < 1.29 is 13.2 Å². The maximum atomic E-state index is 12.9. The molecule has 0 unspecified atom stereocenters. The molecular formula is C14H19Cl2F3N2. The molecule has 1 aliphatic heterocycles. The van der Waals surface area contributed by atoms with Crippen molar-refractivity contribution in [1.82, 2.24) is 10.2 Å². The van der Waals surface area contributed by atoms with Gasteiger partial charge < -0.3 is 5.32 Å². The molecule has 1 aliphatic rings. The molecule has 0 saturated carbocycles. The van der Waals surface area contributed by atoms with Gasteiger partial charge in [-0.25, -0.2) is 0 Å². The van der Waals surface area contributed by atoms with Gasteiger partial charge >= 0.3 is 6.18 Å². The van der Waals surface area contributed by atoms with Gasteiger partial charge in [0.15, 0.2) is 0 Å². The minimum atomic E-state index is -4.18. The lowest BCUT2D eigenvalue weighted by Gasteiger charge is -2.36. The van der Waals surface area contributed by atoms with Crippen molar-refractivity contribution in [2.45, 2.75) is 25.6 Å². The average molecular weight is 343 g/mol. The Morgan fingerprint density at radius 1 is 1.29 bits per heavy atom. The largest absolute Gasteiger partial charge is 0.390 e. The molecule has 2 rings (SSSR count). The van der Waals surface area contributed by atoms with E-state index in [1.54, 1.807) is 18.2 Å². The third kappa shape index (κ3) is 5.33. The first-order valence-corrected chi connectivity index (χ1v) is 7.02. The Kier molecular flexibility index (Phi) is 6.78. The molecule has 0 radical (unpaired) electrons. The van der Waals surface area contributed by atoms with Gasteiger partial charge in [-0.15, -0.1) is 12.4 Å². The maximum absolute atomic E-state index is 12.9. The van der Waals surface area contributed by atoms with Crippen molar-refractivity contribution in [2.75, 3.05) is 26.2 Å². The summed E-state index contributed by atoms with van der Waals surface area (Å²) in [5.41, 5.74) is 1.53. The van der Waals surface area contributed by atoms with Crippen LogP contribution in [0.5, 0.6) is 0 Å². The van der Waals surface area contributed by atoms with Crippen LogP contribution in [-0.4, -0.2) is 37.3 Å². The van der Waals surface area contributed by atoms with Crippen molar-refractivity contribution in [3.8, 4) is 0 Å². The smallest absolute Gasteiger partial charge is 0.314 e. The lowest BCUT2D eigenvalue weighted by atomic mass is 9.96.